The number of nitrogens with zero attached hydrogens (tertiary/aromatic N) is 1. The number of halogens is 1. The SMILES string of the molecule is CC1CCC(C(=O)O)CN1C(=O)c1cccc(F)c1. The molecule has 1 fully saturated rings. The van der Waals surface area contributed by atoms with E-state index in [2.05, 4.69) is 0 Å². The number of carbonyl (C=O) groups excluding carboxylic acids is 1. The van der Waals surface area contributed by atoms with Gasteiger partial charge in [0.05, 0.1) is 5.92 Å². The Hall–Kier alpha value is -1.91. The molecule has 0 radical (unpaired) electrons. The molecule has 1 N–H and O–H groups in total. The lowest BCUT2D eigenvalue weighted by Gasteiger charge is -2.36. The molecule has 1 aromatic carbocycles. The average Bonchev–Trinajstić information content (AvgIpc) is 2.38. The Morgan fingerprint density at radius 1 is 1.37 bits per heavy atom. The molecular formula is C14H16FNO3. The van der Waals surface area contributed by atoms with Crippen molar-refractivity contribution < 1.29 is 19.1 Å². The lowest BCUT2D eigenvalue weighted by molar-refractivity contribution is -0.143. The Balaban J connectivity index is 2.19. The van der Waals surface area contributed by atoms with Gasteiger partial charge in [0, 0.05) is 18.2 Å². The van der Waals surface area contributed by atoms with Gasteiger partial charge in [-0.15, -0.1) is 0 Å². The van der Waals surface area contributed by atoms with Gasteiger partial charge >= 0.3 is 5.97 Å². The van der Waals surface area contributed by atoms with Gasteiger partial charge in [0.2, 0.25) is 0 Å². The standard InChI is InChI=1S/C14H16FNO3/c1-9-5-6-11(14(18)19)8-16(9)13(17)10-3-2-4-12(15)7-10/h2-4,7,9,11H,5-6,8H2,1H3,(H,18,19). The molecule has 0 saturated carbocycles. The third-order valence-corrected chi connectivity index (χ3v) is 3.56. The molecule has 19 heavy (non-hydrogen) atoms. The number of hydrogen-bond donors (Lipinski definition) is 1. The fourth-order valence-electron chi connectivity index (χ4n) is 2.38. The first-order valence-electron chi connectivity index (χ1n) is 6.28. The smallest absolute Gasteiger partial charge is 0.308 e. The summed E-state index contributed by atoms with van der Waals surface area (Å²) in [6, 6.07) is 5.45. The average molecular weight is 265 g/mol. The highest BCUT2D eigenvalue weighted by Crippen LogP contribution is 2.24. The fourth-order valence-corrected chi connectivity index (χ4v) is 2.38. The van der Waals surface area contributed by atoms with Gasteiger partial charge in [-0.3, -0.25) is 9.59 Å². The van der Waals surface area contributed by atoms with Crippen LogP contribution in [0.5, 0.6) is 0 Å². The maximum absolute atomic E-state index is 13.1. The van der Waals surface area contributed by atoms with Gasteiger partial charge in [0.15, 0.2) is 0 Å². The van der Waals surface area contributed by atoms with Crippen LogP contribution in [0.4, 0.5) is 4.39 Å². The molecule has 4 nitrogen and oxygen atoms in total. The summed E-state index contributed by atoms with van der Waals surface area (Å²) >= 11 is 0. The Kier molecular flexibility index (Phi) is 3.83. The number of carboxylic acid groups (broad SMARTS) is 1. The van der Waals surface area contributed by atoms with Crippen molar-refractivity contribution in [2.45, 2.75) is 25.8 Å². The van der Waals surface area contributed by atoms with E-state index in [9.17, 15) is 14.0 Å². The van der Waals surface area contributed by atoms with Crippen molar-refractivity contribution >= 4 is 11.9 Å². The Bertz CT molecular complexity index is 503. The fraction of sp³-hybridized carbons (Fsp3) is 0.429. The quantitative estimate of drug-likeness (QED) is 0.891. The topological polar surface area (TPSA) is 57.6 Å². The summed E-state index contributed by atoms with van der Waals surface area (Å²) in [5.74, 6) is -2.19. The van der Waals surface area contributed by atoms with Crippen molar-refractivity contribution in [1.82, 2.24) is 4.90 Å². The maximum Gasteiger partial charge on any atom is 0.308 e. The Morgan fingerprint density at radius 2 is 2.11 bits per heavy atom. The van der Waals surface area contributed by atoms with Crippen LogP contribution in [-0.2, 0) is 4.79 Å². The first-order valence-corrected chi connectivity index (χ1v) is 6.28. The minimum atomic E-state index is -0.885. The van der Waals surface area contributed by atoms with Crippen LogP contribution in [0.15, 0.2) is 24.3 Å². The van der Waals surface area contributed by atoms with Crippen LogP contribution in [0.2, 0.25) is 0 Å². The Morgan fingerprint density at radius 3 is 2.74 bits per heavy atom. The zero-order valence-corrected chi connectivity index (χ0v) is 10.7. The predicted molar refractivity (Wildman–Crippen MR) is 67.3 cm³/mol. The first kappa shape index (κ1) is 13.5. The van der Waals surface area contributed by atoms with Gasteiger partial charge in [-0.05, 0) is 38.0 Å². The number of likely N-dealkylation sites (tertiary alicyclic amines) is 1. The van der Waals surface area contributed by atoms with Crippen molar-refractivity contribution in [3.05, 3.63) is 35.6 Å². The van der Waals surface area contributed by atoms with Gasteiger partial charge in [0.1, 0.15) is 5.82 Å². The second-order valence-corrected chi connectivity index (χ2v) is 4.93. The molecule has 0 aromatic heterocycles. The predicted octanol–water partition coefficient (Wildman–Crippen LogP) is 2.15. The number of amides is 1. The molecule has 2 atom stereocenters. The minimum Gasteiger partial charge on any atom is -0.481 e. The van der Waals surface area contributed by atoms with Gasteiger partial charge in [-0.2, -0.15) is 0 Å². The van der Waals surface area contributed by atoms with E-state index < -0.39 is 17.7 Å². The number of benzene rings is 1. The number of hydrogen-bond acceptors (Lipinski definition) is 2. The second-order valence-electron chi connectivity index (χ2n) is 4.93. The van der Waals surface area contributed by atoms with Gasteiger partial charge < -0.3 is 10.0 Å². The first-order chi connectivity index (χ1) is 8.99. The summed E-state index contributed by atoms with van der Waals surface area (Å²) in [6.45, 7) is 2.07. The maximum atomic E-state index is 13.1. The summed E-state index contributed by atoms with van der Waals surface area (Å²) in [4.78, 5) is 24.8. The lowest BCUT2D eigenvalue weighted by Crippen LogP contribution is -2.47. The van der Waals surface area contributed by atoms with E-state index in [1.54, 1.807) is 6.07 Å². The van der Waals surface area contributed by atoms with Crippen molar-refractivity contribution in [2.24, 2.45) is 5.92 Å². The molecule has 1 saturated heterocycles. The number of carbonyl (C=O) groups is 2. The summed E-state index contributed by atoms with van der Waals surface area (Å²) < 4.78 is 13.1. The van der Waals surface area contributed by atoms with E-state index in [-0.39, 0.29) is 24.1 Å². The van der Waals surface area contributed by atoms with Crippen LogP contribution in [0.1, 0.15) is 30.1 Å². The molecule has 1 heterocycles. The van der Waals surface area contributed by atoms with E-state index in [1.807, 2.05) is 6.92 Å². The summed E-state index contributed by atoms with van der Waals surface area (Å²) in [7, 11) is 0. The van der Waals surface area contributed by atoms with E-state index in [4.69, 9.17) is 5.11 Å². The monoisotopic (exact) mass is 265 g/mol. The third kappa shape index (κ3) is 2.92. The molecule has 0 bridgehead atoms. The molecule has 0 spiro atoms. The molecule has 1 aliphatic heterocycles. The summed E-state index contributed by atoms with van der Waals surface area (Å²) in [6.07, 6.45) is 1.22. The van der Waals surface area contributed by atoms with E-state index in [0.29, 0.717) is 12.8 Å². The second kappa shape index (κ2) is 5.38. The number of carboxylic acids is 1. The van der Waals surface area contributed by atoms with Crippen LogP contribution in [-0.4, -0.2) is 34.5 Å². The zero-order valence-electron chi connectivity index (χ0n) is 10.7. The van der Waals surface area contributed by atoms with E-state index >= 15 is 0 Å². The molecule has 5 heteroatoms. The normalized spacial score (nSPS) is 23.2. The van der Waals surface area contributed by atoms with Crippen LogP contribution < -0.4 is 0 Å². The molecule has 102 valence electrons. The summed E-state index contributed by atoms with van der Waals surface area (Å²) in [5, 5.41) is 9.04. The van der Waals surface area contributed by atoms with E-state index in [0.717, 1.165) is 0 Å². The van der Waals surface area contributed by atoms with Crippen LogP contribution in [0.25, 0.3) is 0 Å². The minimum absolute atomic E-state index is 0.0219. The summed E-state index contributed by atoms with van der Waals surface area (Å²) in [5.41, 5.74) is 0.262. The Labute approximate surface area is 110 Å². The largest absolute Gasteiger partial charge is 0.481 e. The van der Waals surface area contributed by atoms with E-state index in [1.165, 1.54) is 23.1 Å². The number of piperidine rings is 1. The van der Waals surface area contributed by atoms with Gasteiger partial charge in [0.25, 0.3) is 5.91 Å². The van der Waals surface area contributed by atoms with Crippen molar-refractivity contribution in [3.63, 3.8) is 0 Å². The highest BCUT2D eigenvalue weighted by molar-refractivity contribution is 5.94. The molecule has 2 unspecified atom stereocenters. The van der Waals surface area contributed by atoms with Crippen LogP contribution in [0, 0.1) is 11.7 Å². The molecule has 2 rings (SSSR count). The zero-order chi connectivity index (χ0) is 14.0. The number of rotatable bonds is 2. The van der Waals surface area contributed by atoms with Gasteiger partial charge in [-0.25, -0.2) is 4.39 Å². The molecule has 1 amide bonds. The molecule has 1 aliphatic rings. The highest BCUT2D eigenvalue weighted by Gasteiger charge is 2.32. The van der Waals surface area contributed by atoms with Gasteiger partial charge in [-0.1, -0.05) is 6.07 Å². The third-order valence-electron chi connectivity index (χ3n) is 3.56. The molecule has 0 aliphatic carbocycles. The highest BCUT2D eigenvalue weighted by atomic mass is 19.1. The molecular weight excluding hydrogens is 249 g/mol. The van der Waals surface area contributed by atoms with Crippen molar-refractivity contribution in [1.29, 1.82) is 0 Å². The van der Waals surface area contributed by atoms with Crippen molar-refractivity contribution in [3.8, 4) is 0 Å². The van der Waals surface area contributed by atoms with Crippen molar-refractivity contribution in [2.75, 3.05) is 6.54 Å². The lowest BCUT2D eigenvalue weighted by atomic mass is 9.93. The number of aliphatic carboxylic acids is 1. The van der Waals surface area contributed by atoms with Crippen LogP contribution in [0.3, 0.4) is 0 Å². The van der Waals surface area contributed by atoms with Crippen LogP contribution >= 0.6 is 0 Å². The molecule has 1 aromatic rings.